The number of rotatable bonds is 9. The summed E-state index contributed by atoms with van der Waals surface area (Å²) in [5.41, 5.74) is 2.56. The molecule has 2 heteroatoms. The quantitative estimate of drug-likeness (QED) is 0.546. The van der Waals surface area contributed by atoms with Crippen LogP contribution in [0.3, 0.4) is 0 Å². The third-order valence-electron chi connectivity index (χ3n) is 5.05. The second-order valence-electron chi connectivity index (χ2n) is 7.38. The standard InChI is InChI=1S/C23H36N2/c1-4-5-8-11-21(2)20-25-18-16-24(17-19-25)15-14-22(3)23-12-9-6-7-10-13-23/h6,8-13,21H,3-5,7,14-20H2,1-2H3/b11-8-. The molecule has 1 aliphatic heterocycles. The summed E-state index contributed by atoms with van der Waals surface area (Å²) in [5, 5.41) is 0. The Balaban J connectivity index is 1.66. The van der Waals surface area contributed by atoms with E-state index in [9.17, 15) is 0 Å². The maximum Gasteiger partial charge on any atom is 0.0110 e. The van der Waals surface area contributed by atoms with Crippen molar-refractivity contribution < 1.29 is 0 Å². The summed E-state index contributed by atoms with van der Waals surface area (Å²) >= 11 is 0. The van der Waals surface area contributed by atoms with E-state index in [-0.39, 0.29) is 0 Å². The minimum Gasteiger partial charge on any atom is -0.300 e. The summed E-state index contributed by atoms with van der Waals surface area (Å²) in [4.78, 5) is 5.21. The van der Waals surface area contributed by atoms with Crippen molar-refractivity contribution in [2.75, 3.05) is 39.3 Å². The lowest BCUT2D eigenvalue weighted by Crippen LogP contribution is -2.47. The summed E-state index contributed by atoms with van der Waals surface area (Å²) in [6.45, 7) is 16.0. The lowest BCUT2D eigenvalue weighted by Gasteiger charge is -2.35. The molecule has 0 radical (unpaired) electrons. The van der Waals surface area contributed by atoms with Gasteiger partial charge in [-0.3, -0.25) is 0 Å². The van der Waals surface area contributed by atoms with E-state index in [1.54, 1.807) is 0 Å². The zero-order valence-corrected chi connectivity index (χ0v) is 16.3. The van der Waals surface area contributed by atoms with Crippen molar-refractivity contribution in [1.82, 2.24) is 9.80 Å². The molecule has 1 aliphatic carbocycles. The van der Waals surface area contributed by atoms with Gasteiger partial charge in [0.25, 0.3) is 0 Å². The van der Waals surface area contributed by atoms with Gasteiger partial charge in [-0.15, -0.1) is 0 Å². The monoisotopic (exact) mass is 340 g/mol. The second kappa shape index (κ2) is 11.3. The van der Waals surface area contributed by atoms with E-state index < -0.39 is 0 Å². The Morgan fingerprint density at radius 3 is 2.72 bits per heavy atom. The molecular weight excluding hydrogens is 304 g/mol. The molecule has 0 aromatic heterocycles. The van der Waals surface area contributed by atoms with Crippen molar-refractivity contribution in [3.63, 3.8) is 0 Å². The van der Waals surface area contributed by atoms with Crippen LogP contribution in [0.4, 0.5) is 0 Å². The van der Waals surface area contributed by atoms with Gasteiger partial charge in [0.15, 0.2) is 0 Å². The summed E-state index contributed by atoms with van der Waals surface area (Å²) < 4.78 is 0. The highest BCUT2D eigenvalue weighted by atomic mass is 15.3. The average Bonchev–Trinajstić information content (AvgIpc) is 2.90. The molecule has 0 amide bonds. The van der Waals surface area contributed by atoms with E-state index in [0.717, 1.165) is 19.4 Å². The largest absolute Gasteiger partial charge is 0.300 e. The Bertz CT molecular complexity index is 516. The van der Waals surface area contributed by atoms with Crippen LogP contribution in [0.1, 0.15) is 39.5 Å². The average molecular weight is 341 g/mol. The van der Waals surface area contributed by atoms with Crippen molar-refractivity contribution in [1.29, 1.82) is 0 Å². The molecule has 0 aromatic carbocycles. The lowest BCUT2D eigenvalue weighted by molar-refractivity contribution is 0.126. The first-order valence-corrected chi connectivity index (χ1v) is 10.0. The van der Waals surface area contributed by atoms with Gasteiger partial charge >= 0.3 is 0 Å². The van der Waals surface area contributed by atoms with Gasteiger partial charge < -0.3 is 9.80 Å². The van der Waals surface area contributed by atoms with E-state index in [0.29, 0.717) is 5.92 Å². The Kier molecular flexibility index (Phi) is 8.99. The molecule has 2 aliphatic rings. The number of allylic oxidation sites excluding steroid dienone is 7. The third kappa shape index (κ3) is 7.58. The van der Waals surface area contributed by atoms with Crippen LogP contribution < -0.4 is 0 Å². The first-order chi connectivity index (χ1) is 12.2. The van der Waals surface area contributed by atoms with Crippen molar-refractivity contribution in [3.8, 4) is 0 Å². The zero-order valence-electron chi connectivity index (χ0n) is 16.3. The SMILES string of the molecule is C=C(CCN1CCN(CC(C)/C=C\CCC)CC1)C1=CC=CCC=C1. The molecule has 25 heavy (non-hydrogen) atoms. The van der Waals surface area contributed by atoms with E-state index in [4.69, 9.17) is 0 Å². The summed E-state index contributed by atoms with van der Waals surface area (Å²) in [7, 11) is 0. The Labute approximate surface area is 155 Å². The third-order valence-corrected chi connectivity index (χ3v) is 5.05. The molecule has 0 spiro atoms. The Morgan fingerprint density at radius 1 is 1.20 bits per heavy atom. The van der Waals surface area contributed by atoms with Crippen LogP contribution in [0, 0.1) is 5.92 Å². The topological polar surface area (TPSA) is 6.48 Å². The molecule has 0 N–H and O–H groups in total. The highest BCUT2D eigenvalue weighted by Gasteiger charge is 2.17. The second-order valence-corrected chi connectivity index (χ2v) is 7.38. The Morgan fingerprint density at radius 2 is 1.96 bits per heavy atom. The smallest absolute Gasteiger partial charge is 0.0110 e. The van der Waals surface area contributed by atoms with Gasteiger partial charge in [0.1, 0.15) is 0 Å². The molecule has 0 aromatic rings. The predicted molar refractivity (Wildman–Crippen MR) is 111 cm³/mol. The Hall–Kier alpha value is -1.38. The van der Waals surface area contributed by atoms with Crippen LogP contribution in [0.25, 0.3) is 0 Å². The normalized spacial score (nSPS) is 20.6. The number of nitrogens with zero attached hydrogens (tertiary/aromatic N) is 2. The van der Waals surface area contributed by atoms with Crippen molar-refractivity contribution in [2.24, 2.45) is 5.92 Å². The molecule has 1 unspecified atom stereocenters. The lowest BCUT2D eigenvalue weighted by atomic mass is 10.0. The first-order valence-electron chi connectivity index (χ1n) is 10.0. The van der Waals surface area contributed by atoms with Crippen LogP contribution in [0.15, 0.2) is 60.3 Å². The van der Waals surface area contributed by atoms with Crippen LogP contribution in [-0.4, -0.2) is 49.1 Å². The van der Waals surface area contributed by atoms with Gasteiger partial charge in [-0.1, -0.05) is 69.4 Å². The highest BCUT2D eigenvalue weighted by molar-refractivity contribution is 5.41. The summed E-state index contributed by atoms with van der Waals surface area (Å²) in [6, 6.07) is 0. The molecule has 0 saturated carbocycles. The van der Waals surface area contributed by atoms with E-state index in [2.05, 4.69) is 72.8 Å². The highest BCUT2D eigenvalue weighted by Crippen LogP contribution is 2.17. The van der Waals surface area contributed by atoms with E-state index in [1.807, 2.05) is 0 Å². The van der Waals surface area contributed by atoms with Gasteiger partial charge in [0.05, 0.1) is 0 Å². The molecule has 2 rings (SSSR count). The molecule has 1 heterocycles. The maximum absolute atomic E-state index is 4.30. The minimum absolute atomic E-state index is 0.667. The van der Waals surface area contributed by atoms with Gasteiger partial charge in [0, 0.05) is 39.3 Å². The van der Waals surface area contributed by atoms with Crippen LogP contribution in [0.2, 0.25) is 0 Å². The van der Waals surface area contributed by atoms with Gasteiger partial charge in [-0.05, 0) is 36.3 Å². The van der Waals surface area contributed by atoms with E-state index in [1.165, 1.54) is 56.7 Å². The van der Waals surface area contributed by atoms with Gasteiger partial charge in [0.2, 0.25) is 0 Å². The first kappa shape index (κ1) is 19.9. The molecule has 1 saturated heterocycles. The molecule has 138 valence electrons. The van der Waals surface area contributed by atoms with Crippen LogP contribution in [-0.2, 0) is 0 Å². The van der Waals surface area contributed by atoms with Crippen LogP contribution in [0.5, 0.6) is 0 Å². The molecule has 0 bridgehead atoms. The summed E-state index contributed by atoms with van der Waals surface area (Å²) in [5.74, 6) is 0.667. The number of piperazine rings is 1. The van der Waals surface area contributed by atoms with E-state index >= 15 is 0 Å². The summed E-state index contributed by atoms with van der Waals surface area (Å²) in [6.07, 6.45) is 20.3. The van der Waals surface area contributed by atoms with Gasteiger partial charge in [-0.2, -0.15) is 0 Å². The predicted octanol–water partition coefficient (Wildman–Crippen LogP) is 4.99. The molecular formula is C23H36N2. The van der Waals surface area contributed by atoms with Crippen molar-refractivity contribution in [2.45, 2.75) is 39.5 Å². The number of unbranched alkanes of at least 4 members (excludes halogenated alkanes) is 1. The fourth-order valence-corrected chi connectivity index (χ4v) is 3.41. The minimum atomic E-state index is 0.667. The fraction of sp³-hybridized carbons (Fsp3) is 0.565. The molecule has 2 nitrogen and oxygen atoms in total. The van der Waals surface area contributed by atoms with Gasteiger partial charge in [-0.25, -0.2) is 0 Å². The van der Waals surface area contributed by atoms with Crippen molar-refractivity contribution in [3.05, 3.63) is 60.3 Å². The molecule has 1 atom stereocenters. The van der Waals surface area contributed by atoms with Crippen LogP contribution >= 0.6 is 0 Å². The number of hydrogen-bond acceptors (Lipinski definition) is 2. The fourth-order valence-electron chi connectivity index (χ4n) is 3.41. The zero-order chi connectivity index (χ0) is 17.9. The number of hydrogen-bond donors (Lipinski definition) is 0. The van der Waals surface area contributed by atoms with Crippen molar-refractivity contribution >= 4 is 0 Å². The maximum atomic E-state index is 4.30. The molecule has 1 fully saturated rings.